The normalized spacial score (nSPS) is 19.8. The minimum Gasteiger partial charge on any atom is -0.392 e. The van der Waals surface area contributed by atoms with Crippen LogP contribution in [-0.2, 0) is 16.1 Å². The third-order valence-corrected chi connectivity index (χ3v) is 7.53. The largest absolute Gasteiger partial charge is 0.392 e. The Morgan fingerprint density at radius 3 is 2.15 bits per heavy atom. The molecule has 0 aromatic heterocycles. The van der Waals surface area contributed by atoms with Crippen LogP contribution in [0.2, 0.25) is 0 Å². The molecular weight excluding hydrogens is 500 g/mol. The molecule has 0 saturated carbocycles. The molecule has 2 N–H and O–H groups in total. The predicted molar refractivity (Wildman–Crippen MR) is 157 cm³/mol. The molecule has 4 aromatic carbocycles. The highest BCUT2D eigenvalue weighted by atomic mass is 16.7. The first-order valence-electron chi connectivity index (χ1n) is 13.7. The smallest absolute Gasteiger partial charge is 0.255 e. The zero-order chi connectivity index (χ0) is 27.9. The lowest BCUT2D eigenvalue weighted by atomic mass is 9.99. The molecule has 0 radical (unpaired) electrons. The van der Waals surface area contributed by atoms with Gasteiger partial charge in [0.05, 0.1) is 18.8 Å². The third kappa shape index (κ3) is 6.84. The summed E-state index contributed by atoms with van der Waals surface area (Å²) in [6.07, 6.45) is -0.0590. The van der Waals surface area contributed by atoms with Gasteiger partial charge in [-0.2, -0.15) is 0 Å². The average Bonchev–Trinajstić information content (AvgIpc) is 3.01. The average molecular weight is 537 g/mol. The first-order chi connectivity index (χ1) is 19.5. The van der Waals surface area contributed by atoms with Crippen LogP contribution in [0, 0.1) is 0 Å². The highest BCUT2D eigenvalue weighted by Crippen LogP contribution is 2.39. The topological polar surface area (TPSA) is 71.0 Å². The molecule has 6 heteroatoms. The second kappa shape index (κ2) is 13.0. The lowest BCUT2D eigenvalue weighted by molar-refractivity contribution is -0.253. The van der Waals surface area contributed by atoms with E-state index >= 15 is 0 Å². The number of carbonyl (C=O) groups excluding carboxylic acids is 1. The van der Waals surface area contributed by atoms with Gasteiger partial charge in [-0.1, -0.05) is 84.9 Å². The van der Waals surface area contributed by atoms with Gasteiger partial charge >= 0.3 is 0 Å². The van der Waals surface area contributed by atoms with Crippen molar-refractivity contribution in [3.63, 3.8) is 0 Å². The number of carbonyl (C=O) groups is 1. The van der Waals surface area contributed by atoms with Gasteiger partial charge in [0.2, 0.25) is 0 Å². The summed E-state index contributed by atoms with van der Waals surface area (Å²) >= 11 is 0. The van der Waals surface area contributed by atoms with Crippen molar-refractivity contribution in [3.05, 3.63) is 137 Å². The Balaban J connectivity index is 1.32. The summed E-state index contributed by atoms with van der Waals surface area (Å²) in [6.45, 7) is 2.96. The Morgan fingerprint density at radius 1 is 0.875 bits per heavy atom. The Labute approximate surface area is 236 Å². The molecular formula is C34H36N2O4. The molecule has 0 aliphatic carbocycles. The van der Waals surface area contributed by atoms with E-state index in [1.165, 1.54) is 5.56 Å². The van der Waals surface area contributed by atoms with Gasteiger partial charge in [-0.3, -0.25) is 9.69 Å². The van der Waals surface area contributed by atoms with E-state index < -0.39 is 6.29 Å². The van der Waals surface area contributed by atoms with E-state index in [0.29, 0.717) is 17.7 Å². The van der Waals surface area contributed by atoms with Crippen LogP contribution in [0.3, 0.4) is 0 Å². The number of aliphatic hydroxyl groups excluding tert-OH is 1. The lowest BCUT2D eigenvalue weighted by Gasteiger charge is -2.39. The van der Waals surface area contributed by atoms with Crippen molar-refractivity contribution in [2.45, 2.75) is 44.5 Å². The number of anilines is 1. The van der Waals surface area contributed by atoms with Gasteiger partial charge in [-0.05, 0) is 54.9 Å². The molecule has 5 rings (SSSR count). The number of benzene rings is 4. The monoisotopic (exact) mass is 536 g/mol. The summed E-state index contributed by atoms with van der Waals surface area (Å²) in [5, 5.41) is 12.4. The fourth-order valence-corrected chi connectivity index (χ4v) is 5.01. The SMILES string of the molecule is C[C@@H](c1ccccc1)N(C)C[C@H]1C[C@@H](c2ccc(CO)cc2)O[C@@H](c2ccc(NC(=O)c3ccccc3)cc2)O1. The number of ether oxygens (including phenoxy) is 2. The highest BCUT2D eigenvalue weighted by Gasteiger charge is 2.33. The number of likely N-dealkylation sites (N-methyl/N-ethyl adjacent to an activating group) is 1. The van der Waals surface area contributed by atoms with E-state index in [4.69, 9.17) is 9.47 Å². The molecule has 0 spiro atoms. The summed E-state index contributed by atoms with van der Waals surface area (Å²) in [4.78, 5) is 14.9. The summed E-state index contributed by atoms with van der Waals surface area (Å²) < 4.78 is 13.0. The first kappa shape index (κ1) is 27.7. The van der Waals surface area contributed by atoms with Gasteiger partial charge < -0.3 is 19.9 Å². The molecule has 1 heterocycles. The van der Waals surface area contributed by atoms with E-state index in [0.717, 1.165) is 23.2 Å². The lowest BCUT2D eigenvalue weighted by Crippen LogP contribution is -2.38. The second-order valence-corrected chi connectivity index (χ2v) is 10.3. The van der Waals surface area contributed by atoms with Crippen LogP contribution in [-0.4, -0.2) is 35.6 Å². The van der Waals surface area contributed by atoms with Gasteiger partial charge in [-0.15, -0.1) is 0 Å². The van der Waals surface area contributed by atoms with Crippen molar-refractivity contribution < 1.29 is 19.4 Å². The third-order valence-electron chi connectivity index (χ3n) is 7.53. The molecule has 40 heavy (non-hydrogen) atoms. The molecule has 4 aromatic rings. The second-order valence-electron chi connectivity index (χ2n) is 10.3. The number of amides is 1. The zero-order valence-corrected chi connectivity index (χ0v) is 22.9. The number of hydrogen-bond acceptors (Lipinski definition) is 5. The molecule has 6 nitrogen and oxygen atoms in total. The van der Waals surface area contributed by atoms with Crippen molar-refractivity contribution in [1.82, 2.24) is 4.90 Å². The number of nitrogens with zero attached hydrogens (tertiary/aromatic N) is 1. The van der Waals surface area contributed by atoms with E-state index in [2.05, 4.69) is 48.5 Å². The zero-order valence-electron chi connectivity index (χ0n) is 22.9. The van der Waals surface area contributed by atoms with Crippen molar-refractivity contribution >= 4 is 11.6 Å². The fraction of sp³-hybridized carbons (Fsp3) is 0.265. The first-order valence-corrected chi connectivity index (χ1v) is 13.7. The van der Waals surface area contributed by atoms with Crippen molar-refractivity contribution in [2.24, 2.45) is 0 Å². The standard InChI is InChI=1S/C34H36N2O4/c1-24(26-9-5-3-6-10-26)36(2)22-31-21-32(27-15-13-25(23-37)14-16-27)40-34(39-31)29-17-19-30(20-18-29)35-33(38)28-11-7-4-8-12-28/h3-20,24,31-32,34,37H,21-23H2,1-2H3,(H,35,38)/t24-,31+,32-,34-/m0/s1. The Morgan fingerprint density at radius 2 is 1.50 bits per heavy atom. The minimum absolute atomic E-state index is 0.00942. The quantitative estimate of drug-likeness (QED) is 0.250. The molecule has 0 bridgehead atoms. The molecule has 1 fully saturated rings. The Bertz CT molecular complexity index is 1360. The van der Waals surface area contributed by atoms with Gasteiger partial charge in [-0.25, -0.2) is 0 Å². The van der Waals surface area contributed by atoms with E-state index in [-0.39, 0.29) is 30.8 Å². The molecule has 1 aliphatic rings. The molecule has 1 aliphatic heterocycles. The summed E-state index contributed by atoms with van der Waals surface area (Å²) in [5.41, 5.74) is 5.39. The number of nitrogens with one attached hydrogen (secondary N) is 1. The van der Waals surface area contributed by atoms with Crippen molar-refractivity contribution in [3.8, 4) is 0 Å². The number of hydrogen-bond donors (Lipinski definition) is 2. The maximum atomic E-state index is 12.6. The minimum atomic E-state index is -0.555. The number of aliphatic hydroxyl groups is 1. The van der Waals surface area contributed by atoms with Gasteiger partial charge in [0.1, 0.15) is 0 Å². The fourth-order valence-electron chi connectivity index (χ4n) is 5.01. The molecule has 0 unspecified atom stereocenters. The van der Waals surface area contributed by atoms with Crippen LogP contribution in [0.4, 0.5) is 5.69 Å². The van der Waals surface area contributed by atoms with Crippen molar-refractivity contribution in [2.75, 3.05) is 18.9 Å². The van der Waals surface area contributed by atoms with Crippen molar-refractivity contribution in [1.29, 1.82) is 0 Å². The van der Waals surface area contributed by atoms with Gasteiger partial charge in [0.25, 0.3) is 5.91 Å². The highest BCUT2D eigenvalue weighted by molar-refractivity contribution is 6.04. The van der Waals surface area contributed by atoms with Crippen LogP contribution in [0.1, 0.15) is 64.4 Å². The van der Waals surface area contributed by atoms with Gasteiger partial charge in [0.15, 0.2) is 6.29 Å². The maximum absolute atomic E-state index is 12.6. The van der Waals surface area contributed by atoms with E-state index in [9.17, 15) is 9.90 Å². The van der Waals surface area contributed by atoms with Crippen LogP contribution in [0.25, 0.3) is 0 Å². The molecule has 1 saturated heterocycles. The number of rotatable bonds is 9. The van der Waals surface area contributed by atoms with Crippen LogP contribution < -0.4 is 5.32 Å². The Hall–Kier alpha value is -3.81. The molecule has 4 atom stereocenters. The van der Waals surface area contributed by atoms with Crippen LogP contribution in [0.15, 0.2) is 109 Å². The van der Waals surface area contributed by atoms with E-state index in [1.807, 2.05) is 72.8 Å². The Kier molecular flexibility index (Phi) is 9.04. The summed E-state index contributed by atoms with van der Waals surface area (Å²) in [5.74, 6) is -0.152. The molecule has 206 valence electrons. The summed E-state index contributed by atoms with van der Waals surface area (Å²) in [7, 11) is 2.13. The molecule has 1 amide bonds. The predicted octanol–water partition coefficient (Wildman–Crippen LogP) is 6.67. The van der Waals surface area contributed by atoms with Gasteiger partial charge in [0, 0.05) is 35.8 Å². The van der Waals surface area contributed by atoms with Crippen LogP contribution >= 0.6 is 0 Å². The summed E-state index contributed by atoms with van der Waals surface area (Å²) in [6, 6.07) is 35.4. The van der Waals surface area contributed by atoms with Crippen LogP contribution in [0.5, 0.6) is 0 Å². The maximum Gasteiger partial charge on any atom is 0.255 e. The van der Waals surface area contributed by atoms with E-state index in [1.54, 1.807) is 12.1 Å².